The minimum absolute atomic E-state index is 0.250. The highest BCUT2D eigenvalue weighted by atomic mass is 32.1. The quantitative estimate of drug-likeness (QED) is 0.493. The van der Waals surface area contributed by atoms with Crippen molar-refractivity contribution in [3.63, 3.8) is 0 Å². The molecule has 0 atom stereocenters. The summed E-state index contributed by atoms with van der Waals surface area (Å²) in [5, 5.41) is 0. The van der Waals surface area contributed by atoms with Gasteiger partial charge in [-0.05, 0) is 19.3 Å². The summed E-state index contributed by atoms with van der Waals surface area (Å²) in [4.78, 5) is 14.7. The molecule has 20 heavy (non-hydrogen) atoms. The molecule has 1 aliphatic carbocycles. The van der Waals surface area contributed by atoms with Crippen molar-refractivity contribution in [1.82, 2.24) is 4.90 Å². The highest BCUT2D eigenvalue weighted by molar-refractivity contribution is 7.80. The Hall–Kier alpha value is -0.640. The standard InChI is InChI=1S/C16H30N2OS/c1-2-3-4-5-6-7-12-16(19)18(13-15(17)20)14-10-8-9-11-14/h14H,2-13H2,1H3,(H2,17,20). The van der Waals surface area contributed by atoms with Crippen molar-refractivity contribution in [2.45, 2.75) is 83.6 Å². The molecule has 1 saturated carbocycles. The highest BCUT2D eigenvalue weighted by Crippen LogP contribution is 2.24. The van der Waals surface area contributed by atoms with E-state index in [1.807, 2.05) is 4.90 Å². The van der Waals surface area contributed by atoms with Crippen LogP contribution in [0.15, 0.2) is 0 Å². The molecule has 0 aromatic rings. The van der Waals surface area contributed by atoms with Gasteiger partial charge in [-0.25, -0.2) is 0 Å². The molecule has 1 amide bonds. The van der Waals surface area contributed by atoms with E-state index in [-0.39, 0.29) is 5.91 Å². The Morgan fingerprint density at radius 3 is 2.35 bits per heavy atom. The van der Waals surface area contributed by atoms with Gasteiger partial charge in [0.1, 0.15) is 0 Å². The molecule has 0 unspecified atom stereocenters. The first-order chi connectivity index (χ1) is 9.65. The Balaban J connectivity index is 2.29. The van der Waals surface area contributed by atoms with Gasteiger partial charge in [0.05, 0.1) is 11.5 Å². The van der Waals surface area contributed by atoms with E-state index in [4.69, 9.17) is 18.0 Å². The number of carbonyl (C=O) groups excluding carboxylic acids is 1. The minimum Gasteiger partial charge on any atom is -0.392 e. The molecule has 1 fully saturated rings. The number of hydrogen-bond donors (Lipinski definition) is 1. The third kappa shape index (κ3) is 6.69. The van der Waals surface area contributed by atoms with Gasteiger partial charge in [-0.15, -0.1) is 0 Å². The van der Waals surface area contributed by atoms with Gasteiger partial charge >= 0.3 is 0 Å². The van der Waals surface area contributed by atoms with Crippen LogP contribution in [0.2, 0.25) is 0 Å². The number of thiocarbonyl (C=S) groups is 1. The summed E-state index contributed by atoms with van der Waals surface area (Å²) in [6.45, 7) is 2.69. The molecule has 4 heteroatoms. The average molecular weight is 298 g/mol. The number of amides is 1. The van der Waals surface area contributed by atoms with Crippen molar-refractivity contribution in [3.8, 4) is 0 Å². The van der Waals surface area contributed by atoms with E-state index in [0.29, 0.717) is 24.0 Å². The smallest absolute Gasteiger partial charge is 0.223 e. The van der Waals surface area contributed by atoms with E-state index in [9.17, 15) is 4.79 Å². The Morgan fingerprint density at radius 2 is 1.75 bits per heavy atom. The molecule has 0 heterocycles. The third-order valence-corrected chi connectivity index (χ3v) is 4.29. The number of nitrogens with zero attached hydrogens (tertiary/aromatic N) is 1. The van der Waals surface area contributed by atoms with Crippen LogP contribution in [-0.4, -0.2) is 28.4 Å². The lowest BCUT2D eigenvalue weighted by atomic mass is 10.1. The van der Waals surface area contributed by atoms with Crippen molar-refractivity contribution in [1.29, 1.82) is 0 Å². The molecule has 1 rings (SSSR count). The minimum atomic E-state index is 0.250. The lowest BCUT2D eigenvalue weighted by Gasteiger charge is -2.28. The SMILES string of the molecule is CCCCCCCCC(=O)N(CC(N)=S)C1CCCC1. The van der Waals surface area contributed by atoms with Crippen molar-refractivity contribution in [2.75, 3.05) is 6.54 Å². The van der Waals surface area contributed by atoms with E-state index >= 15 is 0 Å². The summed E-state index contributed by atoms with van der Waals surface area (Å²) in [5.74, 6) is 0.250. The van der Waals surface area contributed by atoms with Gasteiger partial charge in [-0.2, -0.15) is 0 Å². The summed E-state index contributed by atoms with van der Waals surface area (Å²) >= 11 is 4.99. The largest absolute Gasteiger partial charge is 0.392 e. The second kappa shape index (κ2) is 10.1. The first-order valence-electron chi connectivity index (χ1n) is 8.23. The zero-order valence-electron chi connectivity index (χ0n) is 12.9. The van der Waals surface area contributed by atoms with E-state index in [1.54, 1.807) is 0 Å². The number of carbonyl (C=O) groups is 1. The lowest BCUT2D eigenvalue weighted by molar-refractivity contribution is -0.132. The van der Waals surface area contributed by atoms with E-state index in [1.165, 1.54) is 38.5 Å². The number of unbranched alkanes of at least 4 members (excludes halogenated alkanes) is 5. The van der Waals surface area contributed by atoms with Crippen LogP contribution in [0.1, 0.15) is 77.6 Å². The fourth-order valence-corrected chi connectivity index (χ4v) is 3.14. The van der Waals surface area contributed by atoms with Crippen molar-refractivity contribution < 1.29 is 4.79 Å². The normalized spacial score (nSPS) is 15.4. The molecule has 0 radical (unpaired) electrons. The number of nitrogens with two attached hydrogens (primary N) is 1. The number of rotatable bonds is 10. The zero-order valence-corrected chi connectivity index (χ0v) is 13.7. The maximum Gasteiger partial charge on any atom is 0.223 e. The summed E-state index contributed by atoms with van der Waals surface area (Å²) in [7, 11) is 0. The van der Waals surface area contributed by atoms with Crippen LogP contribution in [-0.2, 0) is 4.79 Å². The highest BCUT2D eigenvalue weighted by Gasteiger charge is 2.26. The van der Waals surface area contributed by atoms with Gasteiger partial charge in [0.25, 0.3) is 0 Å². The van der Waals surface area contributed by atoms with Gasteiger partial charge < -0.3 is 10.6 Å². The molecule has 0 aliphatic heterocycles. The molecule has 0 spiro atoms. The number of hydrogen-bond acceptors (Lipinski definition) is 2. The zero-order chi connectivity index (χ0) is 14.8. The van der Waals surface area contributed by atoms with Gasteiger partial charge in [0, 0.05) is 12.5 Å². The predicted molar refractivity (Wildman–Crippen MR) is 88.7 cm³/mol. The topological polar surface area (TPSA) is 46.3 Å². The first kappa shape index (κ1) is 17.4. The second-order valence-electron chi connectivity index (χ2n) is 5.94. The first-order valence-corrected chi connectivity index (χ1v) is 8.63. The summed E-state index contributed by atoms with van der Waals surface area (Å²) in [6, 6.07) is 0.379. The Bertz CT molecular complexity index is 301. The average Bonchev–Trinajstić information content (AvgIpc) is 2.93. The lowest BCUT2D eigenvalue weighted by Crippen LogP contribution is -2.43. The molecular formula is C16H30N2OS. The van der Waals surface area contributed by atoms with Gasteiger partial charge in [-0.1, -0.05) is 64.1 Å². The molecule has 0 aromatic heterocycles. The predicted octanol–water partition coefficient (Wildman–Crippen LogP) is 3.79. The second-order valence-corrected chi connectivity index (χ2v) is 6.47. The fourth-order valence-electron chi connectivity index (χ4n) is 3.00. The monoisotopic (exact) mass is 298 g/mol. The molecule has 0 bridgehead atoms. The molecule has 0 saturated heterocycles. The van der Waals surface area contributed by atoms with Crippen LogP contribution in [0.5, 0.6) is 0 Å². The van der Waals surface area contributed by atoms with Crippen LogP contribution in [0.3, 0.4) is 0 Å². The molecule has 1 aliphatic rings. The fraction of sp³-hybridized carbons (Fsp3) is 0.875. The van der Waals surface area contributed by atoms with Crippen molar-refractivity contribution in [2.24, 2.45) is 5.73 Å². The van der Waals surface area contributed by atoms with Gasteiger partial charge in [0.2, 0.25) is 5.91 Å². The maximum atomic E-state index is 12.4. The third-order valence-electron chi connectivity index (χ3n) is 4.16. The van der Waals surface area contributed by atoms with Crippen LogP contribution >= 0.6 is 12.2 Å². The Morgan fingerprint density at radius 1 is 1.15 bits per heavy atom. The van der Waals surface area contributed by atoms with Crippen LogP contribution in [0.4, 0.5) is 0 Å². The van der Waals surface area contributed by atoms with E-state index in [2.05, 4.69) is 6.92 Å². The molecule has 0 aromatic carbocycles. The molecular weight excluding hydrogens is 268 g/mol. The molecule has 2 N–H and O–H groups in total. The van der Waals surface area contributed by atoms with Crippen LogP contribution < -0.4 is 5.73 Å². The maximum absolute atomic E-state index is 12.4. The van der Waals surface area contributed by atoms with Crippen LogP contribution in [0.25, 0.3) is 0 Å². The van der Waals surface area contributed by atoms with Crippen molar-refractivity contribution in [3.05, 3.63) is 0 Å². The Labute approximate surface area is 129 Å². The van der Waals surface area contributed by atoms with E-state index in [0.717, 1.165) is 25.7 Å². The van der Waals surface area contributed by atoms with Gasteiger partial charge in [-0.3, -0.25) is 4.79 Å². The van der Waals surface area contributed by atoms with E-state index < -0.39 is 0 Å². The molecule has 116 valence electrons. The summed E-state index contributed by atoms with van der Waals surface area (Å²) < 4.78 is 0. The molecule has 3 nitrogen and oxygen atoms in total. The van der Waals surface area contributed by atoms with Crippen LogP contribution in [0, 0.1) is 0 Å². The summed E-state index contributed by atoms with van der Waals surface area (Å²) in [6.07, 6.45) is 12.6. The van der Waals surface area contributed by atoms with Crippen molar-refractivity contribution >= 4 is 23.1 Å². The summed E-state index contributed by atoms with van der Waals surface area (Å²) in [5.41, 5.74) is 5.65. The Kier molecular flexibility index (Phi) is 8.83. The van der Waals surface area contributed by atoms with Gasteiger partial charge in [0.15, 0.2) is 0 Å².